The van der Waals surface area contributed by atoms with E-state index in [-0.39, 0.29) is 5.91 Å². The van der Waals surface area contributed by atoms with Crippen molar-refractivity contribution in [2.45, 2.75) is 56.7 Å². The van der Waals surface area contributed by atoms with Gasteiger partial charge >= 0.3 is 0 Å². The second-order valence-corrected chi connectivity index (χ2v) is 9.52. The number of rotatable bonds is 7. The Balaban J connectivity index is 1.54. The number of aliphatic hydroxyl groups is 1. The maximum Gasteiger partial charge on any atom is 0.252 e. The van der Waals surface area contributed by atoms with Gasteiger partial charge in [0, 0.05) is 45.2 Å². The van der Waals surface area contributed by atoms with Gasteiger partial charge in [-0.2, -0.15) is 9.97 Å². The number of allylic oxidation sites excluding steroid dienone is 2. The lowest BCUT2D eigenvalue weighted by Crippen LogP contribution is -2.57. The lowest BCUT2D eigenvalue weighted by molar-refractivity contribution is -0.135. The van der Waals surface area contributed by atoms with Gasteiger partial charge in [-0.05, 0) is 25.8 Å². The molecule has 0 bridgehead atoms. The summed E-state index contributed by atoms with van der Waals surface area (Å²) in [5.41, 5.74) is 0.467. The Hall–Kier alpha value is -2.98. The number of hydrogen-bond donors (Lipinski definition) is 4. The second kappa shape index (κ2) is 9.71. The van der Waals surface area contributed by atoms with Gasteiger partial charge in [0.25, 0.3) is 5.91 Å². The Labute approximate surface area is 199 Å². The van der Waals surface area contributed by atoms with Crippen molar-refractivity contribution in [3.8, 4) is 0 Å². The molecule has 10 nitrogen and oxygen atoms in total. The molecular formula is C24H34N8O2. The first-order chi connectivity index (χ1) is 16.6. The molecule has 182 valence electrons. The molecule has 1 amide bonds. The molecule has 1 saturated carbocycles. The van der Waals surface area contributed by atoms with Crippen molar-refractivity contribution < 1.29 is 9.90 Å². The summed E-state index contributed by atoms with van der Waals surface area (Å²) in [7, 11) is 0. The Morgan fingerprint density at radius 3 is 2.76 bits per heavy atom. The van der Waals surface area contributed by atoms with Crippen LogP contribution in [0.15, 0.2) is 30.6 Å². The number of hydrogen-bond acceptors (Lipinski definition) is 8. The van der Waals surface area contributed by atoms with E-state index in [1.54, 1.807) is 6.92 Å². The monoisotopic (exact) mass is 466 g/mol. The van der Waals surface area contributed by atoms with E-state index in [0.717, 1.165) is 31.6 Å². The van der Waals surface area contributed by atoms with Gasteiger partial charge in [-0.1, -0.05) is 31.1 Å². The first-order valence-electron chi connectivity index (χ1n) is 12.3. The number of anilines is 2. The molecule has 2 fully saturated rings. The van der Waals surface area contributed by atoms with Crippen molar-refractivity contribution in [2.24, 2.45) is 0 Å². The molecule has 4 N–H and O–H groups in total. The van der Waals surface area contributed by atoms with Gasteiger partial charge in [0.05, 0.1) is 12.4 Å². The largest absolute Gasteiger partial charge is 0.392 e. The van der Waals surface area contributed by atoms with E-state index in [1.165, 1.54) is 12.8 Å². The average Bonchev–Trinajstić information content (AvgIpc) is 3.53. The molecule has 34 heavy (non-hydrogen) atoms. The van der Waals surface area contributed by atoms with Crippen LogP contribution in [0, 0.1) is 0 Å². The molecule has 2 aromatic heterocycles. The molecule has 5 rings (SSSR count). The van der Waals surface area contributed by atoms with Crippen LogP contribution in [0.2, 0.25) is 0 Å². The number of fused-ring (bicyclic) bond motifs is 1. The fourth-order valence-electron chi connectivity index (χ4n) is 5.06. The lowest BCUT2D eigenvalue weighted by Gasteiger charge is -2.38. The minimum absolute atomic E-state index is 0.0371. The van der Waals surface area contributed by atoms with E-state index in [9.17, 15) is 9.90 Å². The highest BCUT2D eigenvalue weighted by Gasteiger charge is 2.40. The van der Waals surface area contributed by atoms with Gasteiger partial charge < -0.3 is 30.5 Å². The maximum absolute atomic E-state index is 13.8. The third-order valence-corrected chi connectivity index (χ3v) is 6.89. The molecule has 3 heterocycles. The van der Waals surface area contributed by atoms with Crippen LogP contribution < -0.4 is 16.0 Å². The van der Waals surface area contributed by atoms with Crippen LogP contribution in [0.5, 0.6) is 0 Å². The smallest absolute Gasteiger partial charge is 0.252 e. The van der Waals surface area contributed by atoms with Crippen molar-refractivity contribution in [1.29, 1.82) is 0 Å². The van der Waals surface area contributed by atoms with Gasteiger partial charge in [0.2, 0.25) is 5.95 Å². The zero-order valence-electron chi connectivity index (χ0n) is 19.7. The summed E-state index contributed by atoms with van der Waals surface area (Å²) >= 11 is 0. The number of aromatic nitrogens is 4. The minimum atomic E-state index is -0.938. The molecule has 0 radical (unpaired) electrons. The highest BCUT2D eigenvalue weighted by molar-refractivity contribution is 5.95. The van der Waals surface area contributed by atoms with E-state index in [0.29, 0.717) is 49.4 Å². The molecule has 0 aromatic carbocycles. The van der Waals surface area contributed by atoms with Gasteiger partial charge in [0.1, 0.15) is 5.54 Å². The summed E-state index contributed by atoms with van der Waals surface area (Å²) in [6.07, 6.45) is 14.3. The molecule has 2 aromatic rings. The van der Waals surface area contributed by atoms with Crippen LogP contribution in [0.4, 0.5) is 11.8 Å². The molecule has 2 atom stereocenters. The summed E-state index contributed by atoms with van der Waals surface area (Å²) in [5.74, 6) is 0.976. The quantitative estimate of drug-likeness (QED) is 0.488. The van der Waals surface area contributed by atoms with Crippen LogP contribution in [-0.2, 0) is 4.79 Å². The molecule has 1 saturated heterocycles. The van der Waals surface area contributed by atoms with Crippen molar-refractivity contribution in [1.82, 2.24) is 29.7 Å². The summed E-state index contributed by atoms with van der Waals surface area (Å²) in [5, 5.41) is 19.7. The molecule has 2 unspecified atom stereocenters. The van der Waals surface area contributed by atoms with E-state index in [1.807, 2.05) is 35.5 Å². The highest BCUT2D eigenvalue weighted by atomic mass is 16.3. The number of nitrogens with one attached hydrogen (secondary N) is 3. The van der Waals surface area contributed by atoms with Gasteiger partial charge in [-0.15, -0.1) is 0 Å². The van der Waals surface area contributed by atoms with Crippen molar-refractivity contribution in [3.05, 3.63) is 30.6 Å². The molecule has 10 heteroatoms. The van der Waals surface area contributed by atoms with Crippen molar-refractivity contribution in [2.75, 3.05) is 43.4 Å². The van der Waals surface area contributed by atoms with Gasteiger partial charge in [-0.3, -0.25) is 4.79 Å². The van der Waals surface area contributed by atoms with Crippen LogP contribution in [0.1, 0.15) is 45.1 Å². The average molecular weight is 467 g/mol. The minimum Gasteiger partial charge on any atom is -0.392 e. The van der Waals surface area contributed by atoms with Crippen LogP contribution in [-0.4, -0.2) is 79.8 Å². The van der Waals surface area contributed by atoms with Gasteiger partial charge in [0.15, 0.2) is 17.0 Å². The second-order valence-electron chi connectivity index (χ2n) is 9.52. The molecule has 3 aliphatic rings. The Morgan fingerprint density at radius 1 is 1.26 bits per heavy atom. The number of imidazole rings is 1. The standard InChI is InChI=1S/C24H34N8O2/c1-17(33)15-26-23-28-20(19-21(29-23)32(16-27-19)18-7-3-4-8-18)30-24(9-5-2-6-10-24)22(34)31-13-11-25-12-14-31/h2,5-6,9,16-18,25,33H,3-4,7-8,10-15H2,1H3,(H2,26,28,29,30). The number of piperazine rings is 1. The fourth-order valence-corrected chi connectivity index (χ4v) is 5.06. The van der Waals surface area contributed by atoms with E-state index >= 15 is 0 Å². The lowest BCUT2D eigenvalue weighted by atomic mass is 9.89. The summed E-state index contributed by atoms with van der Waals surface area (Å²) < 4.78 is 2.14. The molecule has 0 spiro atoms. The Morgan fingerprint density at radius 2 is 2.06 bits per heavy atom. The van der Waals surface area contributed by atoms with Crippen LogP contribution in [0.3, 0.4) is 0 Å². The number of aliphatic hydroxyl groups excluding tert-OH is 1. The zero-order chi connectivity index (χ0) is 23.5. The van der Waals surface area contributed by atoms with Crippen LogP contribution in [0.25, 0.3) is 11.2 Å². The first kappa shape index (κ1) is 22.8. The van der Waals surface area contributed by atoms with E-state index < -0.39 is 11.6 Å². The number of carbonyl (C=O) groups is 1. The zero-order valence-corrected chi connectivity index (χ0v) is 19.7. The highest BCUT2D eigenvalue weighted by Crippen LogP contribution is 2.34. The van der Waals surface area contributed by atoms with Crippen molar-refractivity contribution in [3.63, 3.8) is 0 Å². The first-order valence-corrected chi connectivity index (χ1v) is 12.3. The summed E-state index contributed by atoms with van der Waals surface area (Å²) in [6.45, 7) is 4.98. The predicted molar refractivity (Wildman–Crippen MR) is 132 cm³/mol. The predicted octanol–water partition coefficient (Wildman–Crippen LogP) is 1.83. The topological polar surface area (TPSA) is 120 Å². The van der Waals surface area contributed by atoms with Crippen molar-refractivity contribution >= 4 is 28.8 Å². The SMILES string of the molecule is CC(O)CNc1nc(NC2(C(=O)N3CCNCC3)C=CC=CC2)c2ncn(C3CCCC3)c2n1. The number of amides is 1. The third-order valence-electron chi connectivity index (χ3n) is 6.89. The van der Waals surface area contributed by atoms with E-state index in [4.69, 9.17) is 9.97 Å². The Kier molecular flexibility index (Phi) is 6.51. The summed E-state index contributed by atoms with van der Waals surface area (Å²) in [6, 6.07) is 0.367. The number of carbonyl (C=O) groups excluding carboxylic acids is 1. The molecule has 2 aliphatic carbocycles. The van der Waals surface area contributed by atoms with Gasteiger partial charge in [-0.25, -0.2) is 4.98 Å². The van der Waals surface area contributed by atoms with Crippen LogP contribution >= 0.6 is 0 Å². The summed E-state index contributed by atoms with van der Waals surface area (Å²) in [4.78, 5) is 29.8. The normalized spacial score (nSPS) is 24.0. The molecule has 1 aliphatic heterocycles. The fraction of sp³-hybridized carbons (Fsp3) is 0.583. The Bertz CT molecular complexity index is 1080. The maximum atomic E-state index is 13.8. The number of nitrogens with zero attached hydrogens (tertiary/aromatic N) is 5. The van der Waals surface area contributed by atoms with E-state index in [2.05, 4.69) is 25.5 Å². The molecular weight excluding hydrogens is 432 g/mol. The third kappa shape index (κ3) is 4.52.